The van der Waals surface area contributed by atoms with E-state index in [1.165, 1.54) is 0 Å². The maximum Gasteiger partial charge on any atom is 0.336 e. The van der Waals surface area contributed by atoms with E-state index in [9.17, 15) is 9.59 Å². The average Bonchev–Trinajstić information content (AvgIpc) is 2.35. The van der Waals surface area contributed by atoms with Gasteiger partial charge in [-0.25, -0.2) is 9.59 Å². The average molecular weight is 306 g/mol. The van der Waals surface area contributed by atoms with Crippen LogP contribution in [0.1, 0.15) is 27.2 Å². The molecule has 0 bridgehead atoms. The van der Waals surface area contributed by atoms with E-state index < -0.39 is 11.9 Å². The molecular formula is C16H22O4Si. The number of benzene rings is 1. The summed E-state index contributed by atoms with van der Waals surface area (Å²) in [6.07, 6.45) is 2.82. The number of rotatable bonds is 6. The number of carbonyl (C=O) groups excluding carboxylic acids is 2. The molecule has 1 atom stereocenters. The van der Waals surface area contributed by atoms with E-state index in [4.69, 9.17) is 9.47 Å². The fourth-order valence-electron chi connectivity index (χ4n) is 1.92. The Labute approximate surface area is 128 Å². The molecule has 1 aromatic rings. The molecule has 0 N–H and O–H groups in total. The number of para-hydroxylation sites is 1. The topological polar surface area (TPSA) is 52.6 Å². The molecule has 0 spiro atoms. The summed E-state index contributed by atoms with van der Waals surface area (Å²) in [5, 5.41) is 0.218. The molecule has 5 heteroatoms. The first-order chi connectivity index (χ1) is 9.76. The smallest absolute Gasteiger partial charge is 0.336 e. The van der Waals surface area contributed by atoms with Crippen LogP contribution in [0, 0.1) is 0 Å². The van der Waals surface area contributed by atoms with Gasteiger partial charge in [-0.15, -0.1) is 0 Å². The molecule has 1 unspecified atom stereocenters. The minimum atomic E-state index is -0.603. The quantitative estimate of drug-likeness (QED) is 0.349. The summed E-state index contributed by atoms with van der Waals surface area (Å²) < 4.78 is 10.2. The highest BCUT2D eigenvalue weighted by molar-refractivity contribution is 6.14. The van der Waals surface area contributed by atoms with Crippen molar-refractivity contribution < 1.29 is 19.1 Å². The maximum absolute atomic E-state index is 11.6. The number of ether oxygens (including phenoxy) is 2. The molecule has 0 aliphatic heterocycles. The second-order valence-corrected chi connectivity index (χ2v) is 8.79. The standard InChI is InChI=1S/C16H22O4Si/c1-12(11-16(2,3)21)19-14(17)9-10-15(18)20-13-7-5-4-6-8-13/h4-10,12H,11H2,1-3,21H3. The molecule has 0 heterocycles. The van der Waals surface area contributed by atoms with E-state index in [0.29, 0.717) is 5.75 Å². The largest absolute Gasteiger partial charge is 0.460 e. The summed E-state index contributed by atoms with van der Waals surface area (Å²) in [6.45, 7) is 6.13. The molecule has 4 nitrogen and oxygen atoms in total. The summed E-state index contributed by atoms with van der Waals surface area (Å²) >= 11 is 0. The van der Waals surface area contributed by atoms with Crippen molar-refractivity contribution in [1.29, 1.82) is 0 Å². The molecule has 114 valence electrons. The van der Waals surface area contributed by atoms with E-state index in [2.05, 4.69) is 13.8 Å². The van der Waals surface area contributed by atoms with Crippen molar-refractivity contribution in [2.75, 3.05) is 0 Å². The molecule has 0 aromatic heterocycles. The Bertz CT molecular complexity index is 503. The highest BCUT2D eigenvalue weighted by Crippen LogP contribution is 2.26. The van der Waals surface area contributed by atoms with Gasteiger partial charge in [0.1, 0.15) is 5.75 Å². The van der Waals surface area contributed by atoms with Crippen LogP contribution in [0.2, 0.25) is 5.04 Å². The first kappa shape index (κ1) is 17.2. The van der Waals surface area contributed by atoms with E-state index in [1.54, 1.807) is 24.3 Å². The lowest BCUT2D eigenvalue weighted by Crippen LogP contribution is -2.19. The second kappa shape index (κ2) is 7.78. The van der Waals surface area contributed by atoms with Crippen molar-refractivity contribution in [1.82, 2.24) is 0 Å². The van der Waals surface area contributed by atoms with Gasteiger partial charge >= 0.3 is 11.9 Å². The number of carbonyl (C=O) groups is 2. The van der Waals surface area contributed by atoms with Gasteiger partial charge in [-0.3, -0.25) is 0 Å². The molecule has 1 aromatic carbocycles. The predicted octanol–water partition coefficient (Wildman–Crippen LogP) is 2.03. The number of esters is 2. The number of hydrogen-bond acceptors (Lipinski definition) is 4. The molecule has 1 rings (SSSR count). The molecule has 0 amide bonds. The zero-order chi connectivity index (χ0) is 15.9. The van der Waals surface area contributed by atoms with Crippen LogP contribution in [-0.2, 0) is 14.3 Å². The Morgan fingerprint density at radius 1 is 1.19 bits per heavy atom. The van der Waals surface area contributed by atoms with Gasteiger partial charge < -0.3 is 9.47 Å². The van der Waals surface area contributed by atoms with Gasteiger partial charge in [-0.2, -0.15) is 0 Å². The zero-order valence-corrected chi connectivity index (χ0v) is 15.0. The third-order valence-corrected chi connectivity index (χ3v) is 2.94. The van der Waals surface area contributed by atoms with Crippen LogP contribution in [0.15, 0.2) is 42.5 Å². The lowest BCUT2D eigenvalue weighted by Gasteiger charge is -2.22. The second-order valence-electron chi connectivity index (χ2n) is 6.08. The summed E-state index contributed by atoms with van der Waals surface area (Å²) in [7, 11) is 1.03. The van der Waals surface area contributed by atoms with Crippen LogP contribution < -0.4 is 4.74 Å². The van der Waals surface area contributed by atoms with Crippen molar-refractivity contribution in [3.05, 3.63) is 42.5 Å². The summed E-state index contributed by atoms with van der Waals surface area (Å²) in [5.41, 5.74) is 0. The molecule has 21 heavy (non-hydrogen) atoms. The van der Waals surface area contributed by atoms with E-state index >= 15 is 0 Å². The fraction of sp³-hybridized carbons (Fsp3) is 0.375. The van der Waals surface area contributed by atoms with Crippen molar-refractivity contribution >= 4 is 22.2 Å². The maximum atomic E-state index is 11.6. The lowest BCUT2D eigenvalue weighted by molar-refractivity contribution is -0.143. The Kier molecular flexibility index (Phi) is 6.36. The minimum Gasteiger partial charge on any atom is -0.460 e. The van der Waals surface area contributed by atoms with Crippen molar-refractivity contribution in [2.45, 2.75) is 38.3 Å². The third kappa shape index (κ3) is 8.09. The third-order valence-electron chi connectivity index (χ3n) is 2.53. The zero-order valence-electron chi connectivity index (χ0n) is 13.0. The summed E-state index contributed by atoms with van der Waals surface area (Å²) in [5.74, 6) is -0.695. The van der Waals surface area contributed by atoms with E-state index in [1.807, 2.05) is 13.0 Å². The fourth-order valence-corrected chi connectivity index (χ4v) is 2.49. The van der Waals surface area contributed by atoms with Gasteiger partial charge in [0.25, 0.3) is 0 Å². The summed E-state index contributed by atoms with van der Waals surface area (Å²) in [6, 6.07) is 8.68. The van der Waals surface area contributed by atoms with Crippen LogP contribution >= 0.6 is 0 Å². The van der Waals surface area contributed by atoms with Gasteiger partial charge in [0.15, 0.2) is 0 Å². The highest BCUT2D eigenvalue weighted by Gasteiger charge is 2.17. The van der Waals surface area contributed by atoms with Crippen LogP contribution in [0.3, 0.4) is 0 Å². The molecular weight excluding hydrogens is 284 g/mol. The van der Waals surface area contributed by atoms with Gasteiger partial charge in [0.2, 0.25) is 0 Å². The van der Waals surface area contributed by atoms with Crippen LogP contribution in [0.5, 0.6) is 5.75 Å². The molecule has 0 radical (unpaired) electrons. The first-order valence-electron chi connectivity index (χ1n) is 6.92. The molecule has 0 aliphatic carbocycles. The van der Waals surface area contributed by atoms with E-state index in [-0.39, 0.29) is 11.1 Å². The minimum absolute atomic E-state index is 0.167. The Morgan fingerprint density at radius 3 is 2.33 bits per heavy atom. The van der Waals surface area contributed by atoms with Crippen molar-refractivity contribution in [2.24, 2.45) is 0 Å². The summed E-state index contributed by atoms with van der Waals surface area (Å²) in [4.78, 5) is 23.1. The van der Waals surface area contributed by atoms with E-state index in [0.717, 1.165) is 28.8 Å². The van der Waals surface area contributed by atoms with Crippen molar-refractivity contribution in [3.8, 4) is 5.75 Å². The van der Waals surface area contributed by atoms with Crippen LogP contribution in [0.25, 0.3) is 0 Å². The molecule has 0 saturated heterocycles. The molecule has 0 aliphatic rings. The highest BCUT2D eigenvalue weighted by atomic mass is 28.1. The monoisotopic (exact) mass is 306 g/mol. The Hall–Kier alpha value is -1.88. The predicted molar refractivity (Wildman–Crippen MR) is 85.4 cm³/mol. The van der Waals surface area contributed by atoms with Crippen LogP contribution in [-0.4, -0.2) is 28.3 Å². The molecule has 0 fully saturated rings. The first-order valence-corrected chi connectivity index (χ1v) is 7.92. The van der Waals surface area contributed by atoms with Crippen LogP contribution in [0.4, 0.5) is 0 Å². The van der Waals surface area contributed by atoms with Gasteiger partial charge in [0, 0.05) is 22.4 Å². The van der Waals surface area contributed by atoms with Gasteiger partial charge in [-0.1, -0.05) is 32.0 Å². The Morgan fingerprint density at radius 2 is 1.76 bits per heavy atom. The van der Waals surface area contributed by atoms with Gasteiger partial charge in [-0.05, 0) is 30.5 Å². The lowest BCUT2D eigenvalue weighted by atomic mass is 10.1. The normalized spacial score (nSPS) is 13.1. The Balaban J connectivity index is 2.41. The SMILES string of the molecule is CC(CC(C)(C)[SiH3])OC(=O)C=CC(=O)Oc1ccccc1. The number of hydrogen-bond donors (Lipinski definition) is 0. The van der Waals surface area contributed by atoms with Gasteiger partial charge in [0.05, 0.1) is 6.10 Å². The molecule has 0 saturated carbocycles. The van der Waals surface area contributed by atoms with Crippen molar-refractivity contribution in [3.63, 3.8) is 0 Å².